The first-order valence-electron chi connectivity index (χ1n) is 3.14. The van der Waals surface area contributed by atoms with Crippen molar-refractivity contribution >= 4 is 0 Å². The predicted molar refractivity (Wildman–Crippen MR) is 34.1 cm³/mol. The number of hydrogen-bond acceptors (Lipinski definition) is 2. The van der Waals surface area contributed by atoms with Gasteiger partial charge in [0.15, 0.2) is 0 Å². The van der Waals surface area contributed by atoms with Gasteiger partial charge in [-0.3, -0.25) is 0 Å². The molecule has 48 valence electrons. The minimum Gasteiger partial charge on any atom is -0.210 e. The minimum absolute atomic E-state index is 0.609. The average molecular weight is 114 g/mol. The fourth-order valence-corrected chi connectivity index (χ4v) is 0.740. The highest BCUT2D eigenvalue weighted by molar-refractivity contribution is 4.51. The van der Waals surface area contributed by atoms with Crippen LogP contribution in [0.1, 0.15) is 26.7 Å². The summed E-state index contributed by atoms with van der Waals surface area (Å²) < 4.78 is 0. The third-order valence-electron chi connectivity index (χ3n) is 1.18. The molecule has 2 nitrogen and oxygen atoms in total. The van der Waals surface area contributed by atoms with Crippen molar-refractivity contribution in [2.75, 3.05) is 6.54 Å². The van der Waals surface area contributed by atoms with Crippen LogP contribution in [-0.2, 0) is 0 Å². The van der Waals surface area contributed by atoms with Crippen LogP contribution in [0, 0.1) is 11.4 Å². The van der Waals surface area contributed by atoms with E-state index in [9.17, 15) is 0 Å². The van der Waals surface area contributed by atoms with Crippen LogP contribution in [0.2, 0.25) is 0 Å². The van der Waals surface area contributed by atoms with E-state index in [-0.39, 0.29) is 0 Å². The second kappa shape index (κ2) is 4.75. The monoisotopic (exact) mass is 114 g/mol. The van der Waals surface area contributed by atoms with Crippen molar-refractivity contribution in [2.45, 2.75) is 26.7 Å². The summed E-state index contributed by atoms with van der Waals surface area (Å²) in [6.07, 6.45) is 2.40. The van der Waals surface area contributed by atoms with Crippen LogP contribution in [0.25, 0.3) is 0 Å². The molecule has 0 saturated carbocycles. The zero-order valence-electron chi connectivity index (χ0n) is 5.65. The van der Waals surface area contributed by atoms with Gasteiger partial charge in [0.25, 0.3) is 0 Å². The average Bonchev–Trinajstić information content (AvgIpc) is 1.68. The standard InChI is InChI=1S/C6H14N2/c1-3-4-6(2)5-8-7/h6-7H,3-5H2,1-2H3/t6-/m0/s1. The molecule has 0 rings (SSSR count). The van der Waals surface area contributed by atoms with Gasteiger partial charge in [-0.15, -0.1) is 0 Å². The predicted octanol–water partition coefficient (Wildman–Crippen LogP) is 2.45. The molecule has 0 bridgehead atoms. The van der Waals surface area contributed by atoms with Gasteiger partial charge in [0.1, 0.15) is 0 Å². The maximum absolute atomic E-state index is 6.54. The van der Waals surface area contributed by atoms with E-state index in [1.54, 1.807) is 0 Å². The second-order valence-corrected chi connectivity index (χ2v) is 2.23. The maximum Gasteiger partial charge on any atom is 0.0621 e. The Morgan fingerprint density at radius 2 is 2.25 bits per heavy atom. The Bertz CT molecular complexity index is 61.5. The molecule has 0 spiro atoms. The third kappa shape index (κ3) is 3.78. The summed E-state index contributed by atoms with van der Waals surface area (Å²) >= 11 is 0. The SMILES string of the molecule is CCC[C@H](C)CN=N. The molecule has 0 saturated heterocycles. The van der Waals surface area contributed by atoms with Gasteiger partial charge < -0.3 is 0 Å². The van der Waals surface area contributed by atoms with Crippen LogP contribution in [-0.4, -0.2) is 6.54 Å². The number of rotatable bonds is 4. The Hall–Kier alpha value is -0.400. The first-order valence-corrected chi connectivity index (χ1v) is 3.14. The molecule has 0 amide bonds. The van der Waals surface area contributed by atoms with E-state index >= 15 is 0 Å². The van der Waals surface area contributed by atoms with Crippen LogP contribution in [0.3, 0.4) is 0 Å². The van der Waals surface area contributed by atoms with Crippen molar-refractivity contribution in [3.05, 3.63) is 0 Å². The Kier molecular flexibility index (Phi) is 4.51. The van der Waals surface area contributed by atoms with Crippen LogP contribution in [0.4, 0.5) is 0 Å². The number of nitrogens with one attached hydrogen (secondary N) is 1. The maximum atomic E-state index is 6.54. The molecule has 0 fully saturated rings. The summed E-state index contributed by atoms with van der Waals surface area (Å²) in [6.45, 7) is 4.98. The Balaban J connectivity index is 3.03. The zero-order chi connectivity index (χ0) is 6.41. The summed E-state index contributed by atoms with van der Waals surface area (Å²) in [5.74, 6) is 0.609. The molecule has 0 aromatic carbocycles. The molecule has 0 heterocycles. The number of nitrogens with zero attached hydrogens (tertiary/aromatic N) is 1. The molecule has 8 heavy (non-hydrogen) atoms. The van der Waals surface area contributed by atoms with E-state index in [0.717, 1.165) is 0 Å². The van der Waals surface area contributed by atoms with E-state index < -0.39 is 0 Å². The fraction of sp³-hybridized carbons (Fsp3) is 1.00. The zero-order valence-corrected chi connectivity index (χ0v) is 5.65. The van der Waals surface area contributed by atoms with Gasteiger partial charge in [0.05, 0.1) is 6.54 Å². The van der Waals surface area contributed by atoms with E-state index in [2.05, 4.69) is 19.0 Å². The van der Waals surface area contributed by atoms with Crippen LogP contribution in [0.15, 0.2) is 5.11 Å². The molecule has 0 aromatic rings. The molecular formula is C6H14N2. The quantitative estimate of drug-likeness (QED) is 0.545. The first kappa shape index (κ1) is 7.60. The fourth-order valence-electron chi connectivity index (χ4n) is 0.740. The molecule has 0 aliphatic heterocycles. The Morgan fingerprint density at radius 3 is 2.62 bits per heavy atom. The molecular weight excluding hydrogens is 100 g/mol. The van der Waals surface area contributed by atoms with Gasteiger partial charge >= 0.3 is 0 Å². The van der Waals surface area contributed by atoms with Crippen molar-refractivity contribution < 1.29 is 0 Å². The second-order valence-electron chi connectivity index (χ2n) is 2.23. The van der Waals surface area contributed by atoms with Gasteiger partial charge in [-0.2, -0.15) is 5.11 Å². The first-order chi connectivity index (χ1) is 3.81. The lowest BCUT2D eigenvalue weighted by atomic mass is 10.1. The van der Waals surface area contributed by atoms with Gasteiger partial charge in [0.2, 0.25) is 0 Å². The van der Waals surface area contributed by atoms with Gasteiger partial charge in [-0.05, 0) is 12.3 Å². The van der Waals surface area contributed by atoms with E-state index in [4.69, 9.17) is 5.53 Å². The van der Waals surface area contributed by atoms with E-state index in [1.807, 2.05) is 0 Å². The molecule has 1 N–H and O–H groups in total. The molecule has 0 aliphatic rings. The van der Waals surface area contributed by atoms with E-state index in [0.29, 0.717) is 12.5 Å². The lowest BCUT2D eigenvalue weighted by Crippen LogP contribution is -1.96. The lowest BCUT2D eigenvalue weighted by molar-refractivity contribution is 0.523. The number of hydrogen-bond donors (Lipinski definition) is 1. The normalized spacial score (nSPS) is 13.2. The van der Waals surface area contributed by atoms with Crippen LogP contribution >= 0.6 is 0 Å². The van der Waals surface area contributed by atoms with Crippen LogP contribution < -0.4 is 0 Å². The van der Waals surface area contributed by atoms with Gasteiger partial charge in [-0.1, -0.05) is 20.3 Å². The highest BCUT2D eigenvalue weighted by atomic mass is 14.9. The largest absolute Gasteiger partial charge is 0.210 e. The summed E-state index contributed by atoms with van der Waals surface area (Å²) in [5.41, 5.74) is 6.54. The minimum atomic E-state index is 0.609. The molecule has 2 heteroatoms. The Morgan fingerprint density at radius 1 is 1.62 bits per heavy atom. The third-order valence-corrected chi connectivity index (χ3v) is 1.18. The Labute approximate surface area is 50.8 Å². The molecule has 0 unspecified atom stereocenters. The smallest absolute Gasteiger partial charge is 0.0621 e. The molecule has 0 radical (unpaired) electrons. The molecule has 1 atom stereocenters. The highest BCUT2D eigenvalue weighted by Gasteiger charge is 1.96. The topological polar surface area (TPSA) is 36.2 Å². The molecule has 0 aliphatic carbocycles. The van der Waals surface area contributed by atoms with Crippen molar-refractivity contribution in [2.24, 2.45) is 11.0 Å². The summed E-state index contributed by atoms with van der Waals surface area (Å²) in [4.78, 5) is 0. The summed E-state index contributed by atoms with van der Waals surface area (Å²) in [5, 5.41) is 3.30. The molecule has 0 aromatic heterocycles. The lowest BCUT2D eigenvalue weighted by Gasteiger charge is -2.02. The summed E-state index contributed by atoms with van der Waals surface area (Å²) in [6, 6.07) is 0. The van der Waals surface area contributed by atoms with Gasteiger partial charge in [-0.25, -0.2) is 5.53 Å². The van der Waals surface area contributed by atoms with Crippen molar-refractivity contribution in [3.8, 4) is 0 Å². The summed E-state index contributed by atoms with van der Waals surface area (Å²) in [7, 11) is 0. The van der Waals surface area contributed by atoms with Crippen molar-refractivity contribution in [3.63, 3.8) is 0 Å². The van der Waals surface area contributed by atoms with Crippen molar-refractivity contribution in [1.82, 2.24) is 0 Å². The highest BCUT2D eigenvalue weighted by Crippen LogP contribution is 2.03. The van der Waals surface area contributed by atoms with Gasteiger partial charge in [0, 0.05) is 0 Å². The van der Waals surface area contributed by atoms with Crippen molar-refractivity contribution in [1.29, 1.82) is 5.53 Å². The van der Waals surface area contributed by atoms with E-state index in [1.165, 1.54) is 12.8 Å². The van der Waals surface area contributed by atoms with Crippen LogP contribution in [0.5, 0.6) is 0 Å².